The molecule has 0 heterocycles. The van der Waals surface area contributed by atoms with Crippen LogP contribution < -0.4 is 0 Å². The van der Waals surface area contributed by atoms with Gasteiger partial charge in [0.05, 0.1) is 6.61 Å². The zero-order valence-corrected chi connectivity index (χ0v) is 9.24. The van der Waals surface area contributed by atoms with Gasteiger partial charge in [0.1, 0.15) is 11.5 Å². The second-order valence-corrected chi connectivity index (χ2v) is 3.89. The van der Waals surface area contributed by atoms with E-state index in [1.54, 1.807) is 6.07 Å². The van der Waals surface area contributed by atoms with Gasteiger partial charge in [-0.1, -0.05) is 36.4 Å². The van der Waals surface area contributed by atoms with E-state index in [1.165, 1.54) is 12.1 Å². The highest BCUT2D eigenvalue weighted by Gasteiger charge is 2.16. The van der Waals surface area contributed by atoms with Crippen LogP contribution in [0.15, 0.2) is 48.5 Å². The van der Waals surface area contributed by atoms with Crippen LogP contribution in [0, 0.1) is 0 Å². The summed E-state index contributed by atoms with van der Waals surface area (Å²) in [6.45, 7) is -0.0949. The Morgan fingerprint density at radius 3 is 2.24 bits per heavy atom. The number of phenols is 2. The number of hydrogen-bond donors (Lipinski definition) is 3. The lowest BCUT2D eigenvalue weighted by molar-refractivity contribution is 0.278. The highest BCUT2D eigenvalue weighted by atomic mass is 16.3. The van der Waals surface area contributed by atoms with Crippen LogP contribution in [0.4, 0.5) is 0 Å². The molecule has 88 valence electrons. The number of aliphatic hydroxyl groups excluding tert-OH is 1. The molecule has 17 heavy (non-hydrogen) atoms. The SMILES string of the molecule is OCC(c1ccccc1)c1ccc(O)cc1O. The summed E-state index contributed by atoms with van der Waals surface area (Å²) in [5, 5.41) is 28.5. The Bertz CT molecular complexity index is 494. The van der Waals surface area contributed by atoms with E-state index in [2.05, 4.69) is 0 Å². The lowest BCUT2D eigenvalue weighted by atomic mass is 9.91. The maximum atomic E-state index is 9.78. The van der Waals surface area contributed by atoms with Gasteiger partial charge in [0.15, 0.2) is 0 Å². The molecule has 1 atom stereocenters. The van der Waals surface area contributed by atoms with Gasteiger partial charge < -0.3 is 15.3 Å². The molecule has 0 aliphatic carbocycles. The monoisotopic (exact) mass is 230 g/mol. The highest BCUT2D eigenvalue weighted by Crippen LogP contribution is 2.32. The largest absolute Gasteiger partial charge is 0.508 e. The lowest BCUT2D eigenvalue weighted by Gasteiger charge is -2.16. The first-order valence-corrected chi connectivity index (χ1v) is 5.40. The predicted molar refractivity (Wildman–Crippen MR) is 65.1 cm³/mol. The second kappa shape index (κ2) is 4.89. The minimum absolute atomic E-state index is 0.00657. The third-order valence-electron chi connectivity index (χ3n) is 2.77. The van der Waals surface area contributed by atoms with E-state index in [9.17, 15) is 15.3 Å². The minimum atomic E-state index is -0.281. The number of rotatable bonds is 3. The number of phenolic OH excluding ortho intramolecular Hbond substituents is 2. The fourth-order valence-electron chi connectivity index (χ4n) is 1.90. The molecular formula is C14H14O3. The summed E-state index contributed by atoms with van der Waals surface area (Å²) in [5.41, 5.74) is 1.53. The summed E-state index contributed by atoms with van der Waals surface area (Å²) < 4.78 is 0. The Hall–Kier alpha value is -2.00. The first-order valence-electron chi connectivity index (χ1n) is 5.40. The van der Waals surface area contributed by atoms with Crippen LogP contribution in [-0.2, 0) is 0 Å². The summed E-state index contributed by atoms with van der Waals surface area (Å²) in [5.74, 6) is -0.277. The van der Waals surface area contributed by atoms with Gasteiger partial charge in [-0.05, 0) is 11.6 Å². The number of hydrogen-bond acceptors (Lipinski definition) is 3. The molecule has 3 N–H and O–H groups in total. The van der Waals surface area contributed by atoms with E-state index < -0.39 is 0 Å². The van der Waals surface area contributed by atoms with Crippen LogP contribution in [0.1, 0.15) is 17.0 Å². The quantitative estimate of drug-likeness (QED) is 0.757. The topological polar surface area (TPSA) is 60.7 Å². The van der Waals surface area contributed by atoms with Gasteiger partial charge in [0.25, 0.3) is 0 Å². The van der Waals surface area contributed by atoms with E-state index in [1.807, 2.05) is 30.3 Å². The summed E-state index contributed by atoms with van der Waals surface area (Å²) in [6, 6.07) is 13.9. The molecule has 0 saturated carbocycles. The van der Waals surface area contributed by atoms with Crippen molar-refractivity contribution in [3.05, 3.63) is 59.7 Å². The van der Waals surface area contributed by atoms with Gasteiger partial charge in [-0.15, -0.1) is 0 Å². The first-order chi connectivity index (χ1) is 8.22. The molecule has 3 nitrogen and oxygen atoms in total. The molecule has 2 aromatic rings. The van der Waals surface area contributed by atoms with Crippen LogP contribution in [0.2, 0.25) is 0 Å². The van der Waals surface area contributed by atoms with Gasteiger partial charge in [-0.2, -0.15) is 0 Å². The van der Waals surface area contributed by atoms with Crippen molar-refractivity contribution in [1.82, 2.24) is 0 Å². The van der Waals surface area contributed by atoms with Gasteiger partial charge in [-0.25, -0.2) is 0 Å². The van der Waals surface area contributed by atoms with E-state index >= 15 is 0 Å². The standard InChI is InChI=1S/C14H14O3/c15-9-13(10-4-2-1-3-5-10)12-7-6-11(16)8-14(12)17/h1-8,13,15-17H,9H2. The van der Waals surface area contributed by atoms with Gasteiger partial charge in [-0.3, -0.25) is 0 Å². The van der Waals surface area contributed by atoms with Crippen LogP contribution in [0.5, 0.6) is 11.5 Å². The van der Waals surface area contributed by atoms with Crippen molar-refractivity contribution in [2.45, 2.75) is 5.92 Å². The van der Waals surface area contributed by atoms with Crippen molar-refractivity contribution < 1.29 is 15.3 Å². The number of benzene rings is 2. The Balaban J connectivity index is 2.42. The van der Waals surface area contributed by atoms with Crippen molar-refractivity contribution in [1.29, 1.82) is 0 Å². The van der Waals surface area contributed by atoms with Crippen molar-refractivity contribution >= 4 is 0 Å². The van der Waals surface area contributed by atoms with E-state index in [0.29, 0.717) is 5.56 Å². The third-order valence-corrected chi connectivity index (χ3v) is 2.77. The molecule has 0 amide bonds. The predicted octanol–water partition coefficient (Wildman–Crippen LogP) is 2.22. The molecule has 0 aliphatic heterocycles. The van der Waals surface area contributed by atoms with E-state index in [4.69, 9.17) is 0 Å². The Kier molecular flexibility index (Phi) is 3.30. The molecule has 0 bridgehead atoms. The molecule has 0 spiro atoms. The zero-order valence-electron chi connectivity index (χ0n) is 9.24. The molecule has 0 radical (unpaired) electrons. The highest BCUT2D eigenvalue weighted by molar-refractivity contribution is 5.45. The van der Waals surface area contributed by atoms with Crippen LogP contribution >= 0.6 is 0 Å². The number of aliphatic hydroxyl groups is 1. The smallest absolute Gasteiger partial charge is 0.123 e. The summed E-state index contributed by atoms with van der Waals surface area (Å²) in [4.78, 5) is 0. The summed E-state index contributed by atoms with van der Waals surface area (Å²) in [7, 11) is 0. The fourth-order valence-corrected chi connectivity index (χ4v) is 1.90. The average molecular weight is 230 g/mol. The Morgan fingerprint density at radius 2 is 1.65 bits per heavy atom. The molecule has 2 rings (SSSR count). The van der Waals surface area contributed by atoms with Crippen molar-refractivity contribution in [2.24, 2.45) is 0 Å². The molecule has 0 fully saturated rings. The van der Waals surface area contributed by atoms with Gasteiger partial charge >= 0.3 is 0 Å². The Morgan fingerprint density at radius 1 is 0.941 bits per heavy atom. The molecular weight excluding hydrogens is 216 g/mol. The van der Waals surface area contributed by atoms with Gasteiger partial charge in [0.2, 0.25) is 0 Å². The fraction of sp³-hybridized carbons (Fsp3) is 0.143. The van der Waals surface area contributed by atoms with Crippen molar-refractivity contribution in [3.63, 3.8) is 0 Å². The van der Waals surface area contributed by atoms with Crippen LogP contribution in [0.3, 0.4) is 0 Å². The normalized spacial score (nSPS) is 12.3. The summed E-state index contributed by atoms with van der Waals surface area (Å²) in [6.07, 6.45) is 0. The Labute approximate surface area is 99.6 Å². The molecule has 0 aliphatic rings. The van der Waals surface area contributed by atoms with Crippen LogP contribution in [0.25, 0.3) is 0 Å². The van der Waals surface area contributed by atoms with Crippen LogP contribution in [-0.4, -0.2) is 21.9 Å². The number of aromatic hydroxyl groups is 2. The average Bonchev–Trinajstić information content (AvgIpc) is 2.34. The maximum Gasteiger partial charge on any atom is 0.123 e. The van der Waals surface area contributed by atoms with E-state index in [-0.39, 0.29) is 24.0 Å². The van der Waals surface area contributed by atoms with Crippen molar-refractivity contribution in [2.75, 3.05) is 6.61 Å². The second-order valence-electron chi connectivity index (χ2n) is 3.89. The molecule has 1 unspecified atom stereocenters. The summed E-state index contributed by atoms with van der Waals surface area (Å²) >= 11 is 0. The first kappa shape index (κ1) is 11.5. The van der Waals surface area contributed by atoms with Crippen molar-refractivity contribution in [3.8, 4) is 11.5 Å². The molecule has 0 aromatic heterocycles. The third kappa shape index (κ3) is 2.40. The van der Waals surface area contributed by atoms with E-state index in [0.717, 1.165) is 5.56 Å². The molecule has 0 saturated heterocycles. The molecule has 3 heteroatoms. The molecule has 2 aromatic carbocycles. The zero-order chi connectivity index (χ0) is 12.3. The maximum absolute atomic E-state index is 9.78. The minimum Gasteiger partial charge on any atom is -0.508 e. The van der Waals surface area contributed by atoms with Gasteiger partial charge in [0, 0.05) is 17.5 Å². The lowest BCUT2D eigenvalue weighted by Crippen LogP contribution is -2.06.